The highest BCUT2D eigenvalue weighted by molar-refractivity contribution is 7.98. The Balaban J connectivity index is 1.72. The molecular weight excluding hydrogens is 282 g/mol. The average Bonchev–Trinajstić information content (AvgIpc) is 2.72. The average molecular weight is 298 g/mol. The molecule has 0 aliphatic rings. The van der Waals surface area contributed by atoms with Gasteiger partial charge in [-0.25, -0.2) is 0 Å². The molecule has 0 amide bonds. The maximum atomic E-state index is 6.01. The first kappa shape index (κ1) is 14.3. The van der Waals surface area contributed by atoms with Gasteiger partial charge in [-0.2, -0.15) is 11.8 Å². The maximum absolute atomic E-state index is 6.01. The molecule has 0 unspecified atom stereocenters. The number of benzene rings is 1. The Morgan fingerprint density at radius 2 is 2.11 bits per heavy atom. The SMILES string of the molecule is Cc1noc(C)c1CSCCOc1ccccc1Cl. The summed E-state index contributed by atoms with van der Waals surface area (Å²) in [5.74, 6) is 3.43. The quantitative estimate of drug-likeness (QED) is 0.746. The lowest BCUT2D eigenvalue weighted by Crippen LogP contribution is -2.01. The number of ether oxygens (including phenoxy) is 1. The number of hydrogen-bond acceptors (Lipinski definition) is 4. The Bertz CT molecular complexity index is 522. The van der Waals surface area contributed by atoms with Gasteiger partial charge < -0.3 is 9.26 Å². The van der Waals surface area contributed by atoms with Gasteiger partial charge in [0.05, 0.1) is 17.3 Å². The molecule has 1 aromatic heterocycles. The Labute approximate surface area is 122 Å². The van der Waals surface area contributed by atoms with Crippen LogP contribution in [0.25, 0.3) is 0 Å². The number of hydrogen-bond donors (Lipinski definition) is 0. The molecule has 1 aromatic carbocycles. The van der Waals surface area contributed by atoms with E-state index in [1.54, 1.807) is 11.8 Å². The van der Waals surface area contributed by atoms with E-state index in [4.69, 9.17) is 20.9 Å². The molecule has 0 fully saturated rings. The van der Waals surface area contributed by atoms with Crippen LogP contribution in [0.4, 0.5) is 0 Å². The number of nitrogens with zero attached hydrogens (tertiary/aromatic N) is 1. The van der Waals surface area contributed by atoms with Gasteiger partial charge in [-0.1, -0.05) is 28.9 Å². The molecule has 0 atom stereocenters. The zero-order valence-corrected chi connectivity index (χ0v) is 12.6. The van der Waals surface area contributed by atoms with Gasteiger partial charge in [-0.05, 0) is 26.0 Å². The van der Waals surface area contributed by atoms with Crippen molar-refractivity contribution in [1.29, 1.82) is 0 Å². The normalized spacial score (nSPS) is 10.7. The lowest BCUT2D eigenvalue weighted by atomic mass is 10.2. The third-order valence-corrected chi connectivity index (χ3v) is 4.01. The molecule has 3 nitrogen and oxygen atoms in total. The van der Waals surface area contributed by atoms with E-state index in [2.05, 4.69) is 5.16 Å². The standard InChI is InChI=1S/C14H16ClNO2S/c1-10-12(11(2)18-16-10)9-19-8-7-17-14-6-4-3-5-13(14)15/h3-6H,7-9H2,1-2H3. The first-order chi connectivity index (χ1) is 9.18. The summed E-state index contributed by atoms with van der Waals surface area (Å²) in [4.78, 5) is 0. The molecule has 0 spiro atoms. The van der Waals surface area contributed by atoms with Crippen molar-refractivity contribution in [2.75, 3.05) is 12.4 Å². The largest absolute Gasteiger partial charge is 0.491 e. The second kappa shape index (κ2) is 6.87. The highest BCUT2D eigenvalue weighted by Gasteiger charge is 2.08. The van der Waals surface area contributed by atoms with Crippen molar-refractivity contribution in [3.63, 3.8) is 0 Å². The minimum Gasteiger partial charge on any atom is -0.491 e. The fourth-order valence-electron chi connectivity index (χ4n) is 1.65. The second-order valence-corrected chi connectivity index (χ2v) is 5.65. The van der Waals surface area contributed by atoms with E-state index in [-0.39, 0.29) is 0 Å². The molecule has 19 heavy (non-hydrogen) atoms. The molecule has 2 rings (SSSR count). The molecule has 0 bridgehead atoms. The molecular formula is C14H16ClNO2S. The third-order valence-electron chi connectivity index (χ3n) is 2.75. The molecule has 0 saturated carbocycles. The van der Waals surface area contributed by atoms with Crippen LogP contribution >= 0.6 is 23.4 Å². The highest BCUT2D eigenvalue weighted by atomic mass is 35.5. The van der Waals surface area contributed by atoms with Crippen LogP contribution < -0.4 is 4.74 Å². The minimum atomic E-state index is 0.637. The van der Waals surface area contributed by atoms with E-state index in [9.17, 15) is 0 Å². The molecule has 0 saturated heterocycles. The number of para-hydroxylation sites is 1. The molecule has 5 heteroatoms. The first-order valence-electron chi connectivity index (χ1n) is 6.05. The lowest BCUT2D eigenvalue weighted by Gasteiger charge is -2.07. The van der Waals surface area contributed by atoms with Crippen LogP contribution in [0.2, 0.25) is 5.02 Å². The monoisotopic (exact) mass is 297 g/mol. The second-order valence-electron chi connectivity index (χ2n) is 4.13. The van der Waals surface area contributed by atoms with Crippen molar-refractivity contribution < 1.29 is 9.26 Å². The Morgan fingerprint density at radius 3 is 2.79 bits per heavy atom. The Morgan fingerprint density at radius 1 is 1.32 bits per heavy atom. The number of aryl methyl sites for hydroxylation is 2. The third kappa shape index (κ3) is 3.91. The van der Waals surface area contributed by atoms with Gasteiger partial charge in [0.1, 0.15) is 11.5 Å². The van der Waals surface area contributed by atoms with Gasteiger partial charge in [0, 0.05) is 17.1 Å². The summed E-state index contributed by atoms with van der Waals surface area (Å²) in [6.45, 7) is 4.54. The van der Waals surface area contributed by atoms with Crippen LogP contribution in [-0.2, 0) is 5.75 Å². The van der Waals surface area contributed by atoms with Crippen molar-refractivity contribution >= 4 is 23.4 Å². The van der Waals surface area contributed by atoms with Crippen molar-refractivity contribution in [2.24, 2.45) is 0 Å². The van der Waals surface area contributed by atoms with Crippen molar-refractivity contribution in [2.45, 2.75) is 19.6 Å². The van der Waals surface area contributed by atoms with E-state index in [1.807, 2.05) is 38.1 Å². The van der Waals surface area contributed by atoms with Crippen LogP contribution in [0.1, 0.15) is 17.0 Å². The van der Waals surface area contributed by atoms with Gasteiger partial charge in [-0.15, -0.1) is 0 Å². The number of aromatic nitrogens is 1. The zero-order chi connectivity index (χ0) is 13.7. The van der Waals surface area contributed by atoms with E-state index in [0.29, 0.717) is 11.6 Å². The summed E-state index contributed by atoms with van der Waals surface area (Å²) in [5.41, 5.74) is 2.15. The van der Waals surface area contributed by atoms with E-state index >= 15 is 0 Å². The molecule has 102 valence electrons. The van der Waals surface area contributed by atoms with Gasteiger partial charge in [-0.3, -0.25) is 0 Å². The predicted molar refractivity (Wildman–Crippen MR) is 79.1 cm³/mol. The highest BCUT2D eigenvalue weighted by Crippen LogP contribution is 2.24. The fourth-order valence-corrected chi connectivity index (χ4v) is 2.81. The Hall–Kier alpha value is -1.13. The smallest absolute Gasteiger partial charge is 0.137 e. The van der Waals surface area contributed by atoms with Crippen molar-refractivity contribution in [3.8, 4) is 5.75 Å². The molecule has 0 aliphatic carbocycles. The van der Waals surface area contributed by atoms with Crippen LogP contribution in [-0.4, -0.2) is 17.5 Å². The summed E-state index contributed by atoms with van der Waals surface area (Å²) in [6.07, 6.45) is 0. The predicted octanol–water partition coefficient (Wildman–Crippen LogP) is 4.26. The number of halogens is 1. The summed E-state index contributed by atoms with van der Waals surface area (Å²) >= 11 is 7.80. The van der Waals surface area contributed by atoms with Crippen molar-refractivity contribution in [3.05, 3.63) is 46.3 Å². The van der Waals surface area contributed by atoms with Crippen LogP contribution in [0.3, 0.4) is 0 Å². The first-order valence-corrected chi connectivity index (χ1v) is 7.58. The van der Waals surface area contributed by atoms with Gasteiger partial charge in [0.25, 0.3) is 0 Å². The van der Waals surface area contributed by atoms with Crippen LogP contribution in [0.5, 0.6) is 5.75 Å². The molecule has 0 aliphatic heterocycles. The topological polar surface area (TPSA) is 35.3 Å². The van der Waals surface area contributed by atoms with Crippen LogP contribution in [0.15, 0.2) is 28.8 Å². The fraction of sp³-hybridized carbons (Fsp3) is 0.357. The summed E-state index contributed by atoms with van der Waals surface area (Å²) in [5, 5.41) is 4.59. The summed E-state index contributed by atoms with van der Waals surface area (Å²) < 4.78 is 10.8. The maximum Gasteiger partial charge on any atom is 0.137 e. The van der Waals surface area contributed by atoms with Crippen molar-refractivity contribution in [1.82, 2.24) is 5.16 Å². The van der Waals surface area contributed by atoms with Gasteiger partial charge >= 0.3 is 0 Å². The summed E-state index contributed by atoms with van der Waals surface area (Å²) in [6, 6.07) is 7.51. The zero-order valence-electron chi connectivity index (χ0n) is 11.0. The molecule has 0 N–H and O–H groups in total. The molecule has 2 aromatic rings. The molecule has 1 heterocycles. The molecule has 0 radical (unpaired) electrons. The van der Waals surface area contributed by atoms with Gasteiger partial charge in [0.2, 0.25) is 0 Å². The van der Waals surface area contributed by atoms with E-state index in [1.165, 1.54) is 5.56 Å². The van der Waals surface area contributed by atoms with Crippen LogP contribution in [0, 0.1) is 13.8 Å². The Kier molecular flexibility index (Phi) is 5.16. The minimum absolute atomic E-state index is 0.637. The number of thioether (sulfide) groups is 1. The number of rotatable bonds is 6. The van der Waals surface area contributed by atoms with E-state index in [0.717, 1.165) is 28.7 Å². The lowest BCUT2D eigenvalue weighted by molar-refractivity contribution is 0.344. The van der Waals surface area contributed by atoms with E-state index < -0.39 is 0 Å². The summed E-state index contributed by atoms with van der Waals surface area (Å²) in [7, 11) is 0. The van der Waals surface area contributed by atoms with Gasteiger partial charge in [0.15, 0.2) is 0 Å².